The zero-order valence-corrected chi connectivity index (χ0v) is 21.6. The molecule has 1 aliphatic carbocycles. The smallest absolute Gasteiger partial charge is 0.335 e. The maximum atomic E-state index is 13.8. The summed E-state index contributed by atoms with van der Waals surface area (Å²) in [4.78, 5) is 40.5. The first-order valence-electron chi connectivity index (χ1n) is 12.4. The Morgan fingerprint density at radius 3 is 2.19 bits per heavy atom. The highest BCUT2D eigenvalue weighted by Gasteiger charge is 2.50. The lowest BCUT2D eigenvalue weighted by molar-refractivity contribution is -0.142. The molecule has 36 heavy (non-hydrogen) atoms. The molecule has 4 rings (SSSR count). The number of rotatable bonds is 6. The lowest BCUT2D eigenvalue weighted by atomic mass is 9.77. The number of carbonyl (C=O) groups excluding carboxylic acids is 2. The molecule has 0 bridgehead atoms. The first-order valence-corrected chi connectivity index (χ1v) is 12.4. The summed E-state index contributed by atoms with van der Waals surface area (Å²) in [5.41, 5.74) is 14.6. The van der Waals surface area contributed by atoms with Gasteiger partial charge in [0.25, 0.3) is 0 Å². The number of primary amides is 1. The predicted molar refractivity (Wildman–Crippen MR) is 141 cm³/mol. The van der Waals surface area contributed by atoms with Crippen molar-refractivity contribution in [3.05, 3.63) is 70.8 Å². The van der Waals surface area contributed by atoms with Gasteiger partial charge >= 0.3 is 5.97 Å². The fourth-order valence-electron chi connectivity index (χ4n) is 6.26. The summed E-state index contributed by atoms with van der Waals surface area (Å²) in [7, 11) is 0. The van der Waals surface area contributed by atoms with Crippen LogP contribution in [0.25, 0.3) is 0 Å². The van der Waals surface area contributed by atoms with Crippen molar-refractivity contribution in [3.8, 4) is 0 Å². The van der Waals surface area contributed by atoms with Crippen LogP contribution in [0.15, 0.2) is 48.5 Å². The molecule has 1 saturated carbocycles. The van der Waals surface area contributed by atoms with Gasteiger partial charge in [-0.3, -0.25) is 9.59 Å². The maximum absolute atomic E-state index is 13.8. The van der Waals surface area contributed by atoms with Crippen LogP contribution in [0.2, 0.25) is 0 Å². The number of aryl methyl sites for hydroxylation is 1. The minimum absolute atomic E-state index is 0. The molecule has 5 N–H and O–H groups in total. The minimum Gasteiger partial charge on any atom is -0.478 e. The first kappa shape index (κ1) is 27.7. The van der Waals surface area contributed by atoms with E-state index in [0.717, 1.165) is 36.8 Å². The summed E-state index contributed by atoms with van der Waals surface area (Å²) in [5.74, 6) is -2.23. The number of nitrogens with zero attached hydrogens (tertiary/aromatic N) is 1. The van der Waals surface area contributed by atoms with E-state index in [0.29, 0.717) is 11.5 Å². The number of benzene rings is 2. The van der Waals surface area contributed by atoms with Crippen molar-refractivity contribution < 1.29 is 19.5 Å². The van der Waals surface area contributed by atoms with Gasteiger partial charge in [0, 0.05) is 30.3 Å². The van der Waals surface area contributed by atoms with E-state index < -0.39 is 23.8 Å². The molecule has 8 heteroatoms. The molecular weight excluding hydrogens is 478 g/mol. The largest absolute Gasteiger partial charge is 0.478 e. The molecule has 1 aliphatic heterocycles. The Kier molecular flexibility index (Phi) is 8.80. The zero-order valence-electron chi connectivity index (χ0n) is 20.8. The van der Waals surface area contributed by atoms with E-state index in [1.165, 1.54) is 0 Å². The highest BCUT2D eigenvalue weighted by atomic mass is 35.5. The number of carbonyl (C=O) groups is 3. The number of carboxylic acid groups (broad SMARTS) is 1. The lowest BCUT2D eigenvalue weighted by Gasteiger charge is -2.34. The van der Waals surface area contributed by atoms with Gasteiger partial charge in [-0.25, -0.2) is 4.79 Å². The molecule has 2 aromatic rings. The van der Waals surface area contributed by atoms with E-state index in [-0.39, 0.29) is 48.3 Å². The number of halogens is 1. The van der Waals surface area contributed by atoms with Gasteiger partial charge in [-0.05, 0) is 68.2 Å². The van der Waals surface area contributed by atoms with Gasteiger partial charge in [0.1, 0.15) is 6.04 Å². The molecule has 2 fully saturated rings. The molecule has 2 unspecified atom stereocenters. The average molecular weight is 514 g/mol. The number of aromatic carboxylic acids is 1. The molecule has 0 spiro atoms. The third-order valence-electron chi connectivity index (χ3n) is 8.05. The SMILES string of the molecule is Cc1cccc(C(=O)O)c1C1CN(C(=O)[C@H]2CC[C@H](C(C)N)CC2)[C@H](C(N)=O)[C@@H]1c1ccccc1.Cl. The van der Waals surface area contributed by atoms with Gasteiger partial charge in [0.2, 0.25) is 11.8 Å². The average Bonchev–Trinajstić information content (AvgIpc) is 3.24. The van der Waals surface area contributed by atoms with Crippen LogP contribution in [0.3, 0.4) is 0 Å². The summed E-state index contributed by atoms with van der Waals surface area (Å²) in [5, 5.41) is 9.95. The zero-order chi connectivity index (χ0) is 25.3. The van der Waals surface area contributed by atoms with Crippen LogP contribution in [-0.4, -0.2) is 46.4 Å². The monoisotopic (exact) mass is 513 g/mol. The summed E-state index contributed by atoms with van der Waals surface area (Å²) in [6, 6.07) is 14.0. The van der Waals surface area contributed by atoms with Crippen LogP contribution in [0.5, 0.6) is 0 Å². The lowest BCUT2D eigenvalue weighted by Crippen LogP contribution is -2.48. The normalized spacial score (nSPS) is 26.6. The summed E-state index contributed by atoms with van der Waals surface area (Å²) >= 11 is 0. The number of hydrogen-bond acceptors (Lipinski definition) is 4. The molecule has 2 amide bonds. The molecule has 0 aromatic heterocycles. The third-order valence-corrected chi connectivity index (χ3v) is 8.05. The molecule has 2 aromatic carbocycles. The van der Waals surface area contributed by atoms with E-state index in [2.05, 4.69) is 0 Å². The van der Waals surface area contributed by atoms with Crippen molar-refractivity contribution >= 4 is 30.2 Å². The van der Waals surface area contributed by atoms with Crippen molar-refractivity contribution in [3.63, 3.8) is 0 Å². The Hall–Kier alpha value is -2.90. The van der Waals surface area contributed by atoms with Crippen molar-refractivity contribution in [2.45, 2.75) is 63.5 Å². The van der Waals surface area contributed by atoms with Crippen molar-refractivity contribution in [2.24, 2.45) is 23.3 Å². The summed E-state index contributed by atoms with van der Waals surface area (Å²) < 4.78 is 0. The van der Waals surface area contributed by atoms with Crippen LogP contribution >= 0.6 is 12.4 Å². The topological polar surface area (TPSA) is 127 Å². The van der Waals surface area contributed by atoms with E-state index in [4.69, 9.17) is 11.5 Å². The summed E-state index contributed by atoms with van der Waals surface area (Å²) in [6.07, 6.45) is 3.24. The van der Waals surface area contributed by atoms with Gasteiger partial charge in [0.05, 0.1) is 5.56 Å². The molecular formula is C28H36ClN3O4. The van der Waals surface area contributed by atoms with E-state index >= 15 is 0 Å². The number of nitrogens with two attached hydrogens (primary N) is 2. The van der Waals surface area contributed by atoms with Gasteiger partial charge in [-0.15, -0.1) is 12.4 Å². The second kappa shape index (κ2) is 11.4. The second-order valence-electron chi connectivity index (χ2n) is 10.2. The molecule has 0 radical (unpaired) electrons. The molecule has 4 atom stereocenters. The third kappa shape index (κ3) is 5.27. The summed E-state index contributed by atoms with van der Waals surface area (Å²) in [6.45, 7) is 4.14. The molecule has 7 nitrogen and oxygen atoms in total. The van der Waals surface area contributed by atoms with Crippen LogP contribution < -0.4 is 11.5 Å². The highest BCUT2D eigenvalue weighted by molar-refractivity contribution is 5.92. The van der Waals surface area contributed by atoms with Gasteiger partial charge < -0.3 is 21.5 Å². The Labute approximate surface area is 218 Å². The number of likely N-dealkylation sites (tertiary alicyclic amines) is 1. The number of amides is 2. The standard InChI is InChI=1S/C28H35N3O4.ClH/c1-16-7-6-10-21(28(34)35)23(16)22-15-31(27(33)20-13-11-18(12-14-20)17(2)29)25(26(30)32)24(22)19-8-4-3-5-9-19;/h3-10,17-18,20,22,24-25H,11-15,29H2,1-2H3,(H2,30,32)(H,34,35);1H/t17?,18-,20-,22?,24-,25+;/m1./s1. The van der Waals surface area contributed by atoms with Gasteiger partial charge in [0.15, 0.2) is 0 Å². The van der Waals surface area contributed by atoms with Crippen molar-refractivity contribution in [2.75, 3.05) is 6.54 Å². The van der Waals surface area contributed by atoms with Gasteiger partial charge in [-0.1, -0.05) is 42.5 Å². The highest BCUT2D eigenvalue weighted by Crippen LogP contribution is 2.47. The molecule has 1 heterocycles. The van der Waals surface area contributed by atoms with Crippen LogP contribution in [-0.2, 0) is 9.59 Å². The Morgan fingerprint density at radius 1 is 1.00 bits per heavy atom. The second-order valence-corrected chi connectivity index (χ2v) is 10.2. The fourth-order valence-corrected chi connectivity index (χ4v) is 6.26. The number of carboxylic acids is 1. The Morgan fingerprint density at radius 2 is 1.64 bits per heavy atom. The predicted octanol–water partition coefficient (Wildman–Crippen LogP) is 3.83. The first-order chi connectivity index (χ1) is 16.7. The van der Waals surface area contributed by atoms with Crippen LogP contribution in [0.4, 0.5) is 0 Å². The fraction of sp³-hybridized carbons (Fsp3) is 0.464. The van der Waals surface area contributed by atoms with E-state index in [1.54, 1.807) is 17.0 Å². The van der Waals surface area contributed by atoms with Gasteiger partial charge in [-0.2, -0.15) is 0 Å². The van der Waals surface area contributed by atoms with E-state index in [1.807, 2.05) is 50.2 Å². The van der Waals surface area contributed by atoms with E-state index in [9.17, 15) is 19.5 Å². The Balaban J connectivity index is 0.00000361. The van der Waals surface area contributed by atoms with Crippen molar-refractivity contribution in [1.82, 2.24) is 4.90 Å². The molecule has 1 saturated heterocycles. The molecule has 194 valence electrons. The van der Waals surface area contributed by atoms with Crippen molar-refractivity contribution in [1.29, 1.82) is 0 Å². The van der Waals surface area contributed by atoms with Crippen LogP contribution in [0, 0.1) is 18.8 Å². The van der Waals surface area contributed by atoms with Crippen LogP contribution in [0.1, 0.15) is 71.5 Å². The molecule has 2 aliphatic rings. The maximum Gasteiger partial charge on any atom is 0.335 e. The Bertz CT molecular complexity index is 1100. The quantitative estimate of drug-likeness (QED) is 0.541. The number of hydrogen-bond donors (Lipinski definition) is 3. The minimum atomic E-state index is -1.02.